The van der Waals surface area contributed by atoms with Gasteiger partial charge in [-0.1, -0.05) is 0 Å². The highest BCUT2D eigenvalue weighted by atomic mass is 35.5. The number of nitrogens with zero attached hydrogens (tertiary/aromatic N) is 1. The van der Waals surface area contributed by atoms with Crippen molar-refractivity contribution >= 4 is 24.0 Å². The van der Waals surface area contributed by atoms with Crippen LogP contribution in [-0.2, 0) is 0 Å². The van der Waals surface area contributed by atoms with Gasteiger partial charge in [0.2, 0.25) is 0 Å². The Kier molecular flexibility index (Phi) is 11.9. The van der Waals surface area contributed by atoms with E-state index in [0.29, 0.717) is 0 Å². The summed E-state index contributed by atoms with van der Waals surface area (Å²) in [5.41, 5.74) is 0. The van der Waals surface area contributed by atoms with Crippen molar-refractivity contribution in [3.63, 3.8) is 0 Å². The van der Waals surface area contributed by atoms with Crippen LogP contribution in [-0.4, -0.2) is 38.1 Å². The minimum absolute atomic E-state index is 0. The standard InChI is InChI=1S/C5H13ClN.ClH.H3N/c1-7(2,3)5-4-6;;/h4-5H2,1-3H3;1H;1H3/q+1;;. The molecule has 0 aliphatic rings. The first-order chi connectivity index (χ1) is 3.06. The van der Waals surface area contributed by atoms with E-state index in [0.717, 1.165) is 16.9 Å². The number of rotatable bonds is 2. The molecule has 0 radical (unpaired) electrons. The third-order valence-electron chi connectivity index (χ3n) is 0.755. The van der Waals surface area contributed by atoms with Gasteiger partial charge in [-0.2, -0.15) is 0 Å². The maximum absolute atomic E-state index is 5.47. The second kappa shape index (κ2) is 6.62. The predicted molar refractivity (Wildman–Crippen MR) is 45.9 cm³/mol. The Balaban J connectivity index is -0.000000180. The highest BCUT2D eigenvalue weighted by molar-refractivity contribution is 6.17. The first-order valence-electron chi connectivity index (χ1n) is 2.43. The van der Waals surface area contributed by atoms with Crippen LogP contribution in [0, 0.1) is 0 Å². The van der Waals surface area contributed by atoms with Gasteiger partial charge in [0, 0.05) is 0 Å². The lowest BCUT2D eigenvalue weighted by molar-refractivity contribution is -0.867. The summed E-state index contributed by atoms with van der Waals surface area (Å²) in [6.45, 7) is 1.04. The molecule has 9 heavy (non-hydrogen) atoms. The van der Waals surface area contributed by atoms with Crippen LogP contribution in [0.15, 0.2) is 0 Å². The van der Waals surface area contributed by atoms with Gasteiger partial charge in [0.25, 0.3) is 0 Å². The number of quaternary nitrogens is 1. The van der Waals surface area contributed by atoms with Crippen LogP contribution < -0.4 is 6.15 Å². The summed E-state index contributed by atoms with van der Waals surface area (Å²) in [5, 5.41) is 0. The zero-order valence-electron chi connectivity index (χ0n) is 6.35. The summed E-state index contributed by atoms with van der Waals surface area (Å²) in [4.78, 5) is 0. The summed E-state index contributed by atoms with van der Waals surface area (Å²) in [5.74, 6) is 0.753. The molecule has 0 aromatic heterocycles. The molecule has 60 valence electrons. The second-order valence-electron chi connectivity index (χ2n) is 2.70. The van der Waals surface area contributed by atoms with Crippen molar-refractivity contribution in [1.29, 1.82) is 0 Å². The minimum Gasteiger partial charge on any atom is -0.344 e. The van der Waals surface area contributed by atoms with Crippen molar-refractivity contribution < 1.29 is 4.48 Å². The van der Waals surface area contributed by atoms with Gasteiger partial charge in [0.05, 0.1) is 33.6 Å². The van der Waals surface area contributed by atoms with Gasteiger partial charge in [-0.15, -0.1) is 24.0 Å². The van der Waals surface area contributed by atoms with E-state index in [1.807, 2.05) is 0 Å². The molecule has 0 rings (SSSR count). The molecule has 4 heteroatoms. The normalized spacial score (nSPS) is 9.33. The van der Waals surface area contributed by atoms with Crippen molar-refractivity contribution in [3.8, 4) is 0 Å². The van der Waals surface area contributed by atoms with Crippen LogP contribution in [0.25, 0.3) is 0 Å². The van der Waals surface area contributed by atoms with Crippen LogP contribution >= 0.6 is 24.0 Å². The van der Waals surface area contributed by atoms with Crippen LogP contribution in [0.5, 0.6) is 0 Å². The largest absolute Gasteiger partial charge is 0.344 e. The summed E-state index contributed by atoms with van der Waals surface area (Å²) >= 11 is 5.47. The Labute approximate surface area is 68.8 Å². The summed E-state index contributed by atoms with van der Waals surface area (Å²) in [6.07, 6.45) is 0. The smallest absolute Gasteiger partial charge is 0.0918 e. The van der Waals surface area contributed by atoms with Crippen molar-refractivity contribution in [1.82, 2.24) is 6.15 Å². The molecular formula is C5H17Cl2N2+. The maximum Gasteiger partial charge on any atom is 0.0918 e. The van der Waals surface area contributed by atoms with Gasteiger partial charge in [-0.05, 0) is 0 Å². The minimum atomic E-state index is 0. The van der Waals surface area contributed by atoms with Gasteiger partial charge in [-0.3, -0.25) is 0 Å². The van der Waals surface area contributed by atoms with Gasteiger partial charge >= 0.3 is 0 Å². The number of halogens is 2. The molecule has 2 nitrogen and oxygen atoms in total. The highest BCUT2D eigenvalue weighted by Crippen LogP contribution is 1.88. The first-order valence-corrected chi connectivity index (χ1v) is 2.96. The molecule has 0 bridgehead atoms. The van der Waals surface area contributed by atoms with Crippen molar-refractivity contribution in [2.24, 2.45) is 0 Å². The fraction of sp³-hybridized carbons (Fsp3) is 1.00. The monoisotopic (exact) mass is 175 g/mol. The number of hydrogen-bond donors (Lipinski definition) is 1. The molecule has 0 atom stereocenters. The quantitative estimate of drug-likeness (QED) is 0.502. The first kappa shape index (κ1) is 16.2. The average Bonchev–Trinajstić information content (AvgIpc) is 1.30. The van der Waals surface area contributed by atoms with E-state index < -0.39 is 0 Å². The third-order valence-corrected chi connectivity index (χ3v) is 0.924. The number of hydrogen-bond acceptors (Lipinski definition) is 1. The van der Waals surface area contributed by atoms with Gasteiger partial charge < -0.3 is 10.6 Å². The molecule has 0 saturated heterocycles. The SMILES string of the molecule is C[N+](C)(C)CCCl.Cl.N. The van der Waals surface area contributed by atoms with E-state index in [-0.39, 0.29) is 18.6 Å². The van der Waals surface area contributed by atoms with Crippen molar-refractivity contribution in [2.45, 2.75) is 0 Å². The summed E-state index contributed by atoms with van der Waals surface area (Å²) in [6, 6.07) is 0. The van der Waals surface area contributed by atoms with Crippen LogP contribution in [0.1, 0.15) is 0 Å². The molecular weight excluding hydrogens is 159 g/mol. The second-order valence-corrected chi connectivity index (χ2v) is 3.08. The van der Waals surface area contributed by atoms with Crippen LogP contribution in [0.3, 0.4) is 0 Å². The van der Waals surface area contributed by atoms with Gasteiger partial charge in [0.15, 0.2) is 0 Å². The fourth-order valence-corrected chi connectivity index (χ4v) is 0.761. The van der Waals surface area contributed by atoms with E-state index in [2.05, 4.69) is 21.1 Å². The lowest BCUT2D eigenvalue weighted by Crippen LogP contribution is -2.35. The zero-order valence-corrected chi connectivity index (χ0v) is 7.93. The van der Waals surface area contributed by atoms with Crippen LogP contribution in [0.4, 0.5) is 0 Å². The van der Waals surface area contributed by atoms with Gasteiger partial charge in [-0.25, -0.2) is 0 Å². The van der Waals surface area contributed by atoms with E-state index in [1.54, 1.807) is 0 Å². The molecule has 0 fully saturated rings. The average molecular weight is 176 g/mol. The highest BCUT2D eigenvalue weighted by Gasteiger charge is 2.02. The predicted octanol–water partition coefficient (Wildman–Crippen LogP) is 1.52. The molecule has 0 aromatic rings. The van der Waals surface area contributed by atoms with E-state index in [4.69, 9.17) is 11.6 Å². The molecule has 0 spiro atoms. The lowest BCUT2D eigenvalue weighted by Gasteiger charge is -2.21. The molecule has 0 aromatic carbocycles. The topological polar surface area (TPSA) is 35.0 Å². The molecule has 0 amide bonds. The number of alkyl halides is 1. The lowest BCUT2D eigenvalue weighted by atomic mass is 10.6. The van der Waals surface area contributed by atoms with Crippen molar-refractivity contribution in [2.75, 3.05) is 33.6 Å². The molecule has 0 unspecified atom stereocenters. The maximum atomic E-state index is 5.47. The Bertz CT molecular complexity index is 51.4. The molecule has 0 heterocycles. The van der Waals surface area contributed by atoms with Crippen LogP contribution in [0.2, 0.25) is 0 Å². The Morgan fingerprint density at radius 2 is 1.56 bits per heavy atom. The van der Waals surface area contributed by atoms with E-state index >= 15 is 0 Å². The molecule has 3 N–H and O–H groups in total. The summed E-state index contributed by atoms with van der Waals surface area (Å²) in [7, 11) is 6.38. The molecule has 0 aliphatic carbocycles. The van der Waals surface area contributed by atoms with Crippen molar-refractivity contribution in [3.05, 3.63) is 0 Å². The van der Waals surface area contributed by atoms with Gasteiger partial charge in [0.1, 0.15) is 0 Å². The molecule has 0 aliphatic heterocycles. The summed E-state index contributed by atoms with van der Waals surface area (Å²) < 4.78 is 0.962. The Morgan fingerprint density at radius 3 is 1.56 bits per heavy atom. The Morgan fingerprint density at radius 1 is 1.22 bits per heavy atom. The molecule has 0 saturated carbocycles. The van der Waals surface area contributed by atoms with E-state index in [1.165, 1.54) is 0 Å². The fourth-order valence-electron chi connectivity index (χ4n) is 0.254. The third kappa shape index (κ3) is 17.7. The Hall–Kier alpha value is 0.500. The zero-order chi connectivity index (χ0) is 5.91. The van der Waals surface area contributed by atoms with E-state index in [9.17, 15) is 0 Å².